The zero-order valence-corrected chi connectivity index (χ0v) is 11.0. The van der Waals surface area contributed by atoms with E-state index in [9.17, 15) is 4.79 Å². The van der Waals surface area contributed by atoms with Crippen LogP contribution >= 0.6 is 0 Å². The van der Waals surface area contributed by atoms with Gasteiger partial charge in [0, 0.05) is 6.04 Å². The third kappa shape index (κ3) is 2.58. The molecule has 1 aliphatic heterocycles. The van der Waals surface area contributed by atoms with Gasteiger partial charge in [0.15, 0.2) is 0 Å². The monoisotopic (exact) mass is 251 g/mol. The summed E-state index contributed by atoms with van der Waals surface area (Å²) in [5.74, 6) is 0.135. The van der Waals surface area contributed by atoms with E-state index in [1.165, 1.54) is 0 Å². The molecule has 100 valence electrons. The van der Waals surface area contributed by atoms with Crippen LogP contribution in [0.5, 0.6) is 0 Å². The van der Waals surface area contributed by atoms with Crippen molar-refractivity contribution in [3.63, 3.8) is 0 Å². The van der Waals surface area contributed by atoms with Gasteiger partial charge in [0.1, 0.15) is 5.76 Å². The molecule has 3 atom stereocenters. The average molecular weight is 251 g/mol. The molecule has 1 fully saturated rings. The van der Waals surface area contributed by atoms with Crippen molar-refractivity contribution in [3.05, 3.63) is 24.2 Å². The second-order valence-electron chi connectivity index (χ2n) is 5.09. The fraction of sp³-hybridized carbons (Fsp3) is 0.643. The fourth-order valence-electron chi connectivity index (χ4n) is 2.96. The molecule has 2 heterocycles. The van der Waals surface area contributed by atoms with Crippen LogP contribution in [0.25, 0.3) is 0 Å². The van der Waals surface area contributed by atoms with Gasteiger partial charge in [-0.3, -0.25) is 9.69 Å². The lowest BCUT2D eigenvalue weighted by molar-refractivity contribution is -0.144. The van der Waals surface area contributed by atoms with E-state index in [2.05, 4.69) is 18.7 Å². The molecule has 4 heteroatoms. The van der Waals surface area contributed by atoms with Crippen LogP contribution in [0.4, 0.5) is 0 Å². The smallest absolute Gasteiger partial charge is 0.306 e. The van der Waals surface area contributed by atoms with Crippen molar-refractivity contribution in [2.45, 2.75) is 45.2 Å². The van der Waals surface area contributed by atoms with E-state index < -0.39 is 5.97 Å². The highest BCUT2D eigenvalue weighted by Gasteiger charge is 2.34. The molecule has 0 aliphatic carbocycles. The highest BCUT2D eigenvalue weighted by atomic mass is 16.4. The maximum atomic E-state index is 11.0. The summed E-state index contributed by atoms with van der Waals surface area (Å²) in [6.07, 6.45) is 4.14. The van der Waals surface area contributed by atoms with E-state index in [-0.39, 0.29) is 18.0 Å². The molecule has 1 N–H and O–H groups in total. The summed E-state index contributed by atoms with van der Waals surface area (Å²) in [6, 6.07) is 4.47. The minimum absolute atomic E-state index is 0.189. The maximum Gasteiger partial charge on any atom is 0.306 e. The molecule has 0 aromatic carbocycles. The molecule has 1 saturated heterocycles. The Morgan fingerprint density at radius 1 is 1.67 bits per heavy atom. The van der Waals surface area contributed by atoms with Crippen molar-refractivity contribution >= 4 is 5.97 Å². The highest BCUT2D eigenvalue weighted by Crippen LogP contribution is 2.33. The Bertz CT molecular complexity index is 388. The van der Waals surface area contributed by atoms with Gasteiger partial charge in [-0.05, 0) is 44.9 Å². The molecule has 18 heavy (non-hydrogen) atoms. The molecule has 0 spiro atoms. The normalized spacial score (nSPS) is 27.0. The van der Waals surface area contributed by atoms with Crippen molar-refractivity contribution in [3.8, 4) is 0 Å². The van der Waals surface area contributed by atoms with E-state index in [1.807, 2.05) is 12.1 Å². The van der Waals surface area contributed by atoms with Gasteiger partial charge in [-0.15, -0.1) is 0 Å². The molecule has 1 aromatic rings. The van der Waals surface area contributed by atoms with Crippen LogP contribution < -0.4 is 0 Å². The van der Waals surface area contributed by atoms with Crippen LogP contribution in [0.3, 0.4) is 0 Å². The van der Waals surface area contributed by atoms with Crippen molar-refractivity contribution in [2.24, 2.45) is 5.92 Å². The summed E-state index contributed by atoms with van der Waals surface area (Å²) in [5, 5.41) is 9.09. The zero-order chi connectivity index (χ0) is 13.1. The van der Waals surface area contributed by atoms with Crippen LogP contribution in [0.1, 0.15) is 44.9 Å². The van der Waals surface area contributed by atoms with E-state index >= 15 is 0 Å². The number of hydrogen-bond acceptors (Lipinski definition) is 3. The molecular formula is C14H21NO3. The topological polar surface area (TPSA) is 53.7 Å². The summed E-state index contributed by atoms with van der Waals surface area (Å²) >= 11 is 0. The van der Waals surface area contributed by atoms with Crippen molar-refractivity contribution in [1.82, 2.24) is 4.90 Å². The number of nitrogens with zero attached hydrogens (tertiary/aromatic N) is 1. The van der Waals surface area contributed by atoms with Crippen LogP contribution in [-0.4, -0.2) is 28.6 Å². The minimum Gasteiger partial charge on any atom is -0.481 e. The van der Waals surface area contributed by atoms with Crippen LogP contribution in [0, 0.1) is 5.92 Å². The lowest BCUT2D eigenvalue weighted by Crippen LogP contribution is -2.44. The molecule has 3 unspecified atom stereocenters. The first-order valence-electron chi connectivity index (χ1n) is 6.65. The predicted octanol–water partition coefficient (Wildman–Crippen LogP) is 2.92. The Morgan fingerprint density at radius 2 is 2.44 bits per heavy atom. The summed E-state index contributed by atoms with van der Waals surface area (Å²) in [6.45, 7) is 5.08. The quantitative estimate of drug-likeness (QED) is 0.894. The number of furan rings is 1. The predicted molar refractivity (Wildman–Crippen MR) is 68.3 cm³/mol. The summed E-state index contributed by atoms with van der Waals surface area (Å²) in [5.41, 5.74) is 0. The molecule has 0 radical (unpaired) electrons. The number of piperidine rings is 1. The lowest BCUT2D eigenvalue weighted by Gasteiger charge is -2.40. The second-order valence-corrected chi connectivity index (χ2v) is 5.09. The largest absolute Gasteiger partial charge is 0.481 e. The molecule has 1 aliphatic rings. The van der Waals surface area contributed by atoms with E-state index in [4.69, 9.17) is 9.52 Å². The Morgan fingerprint density at radius 3 is 2.94 bits per heavy atom. The number of carboxylic acid groups (broad SMARTS) is 1. The van der Waals surface area contributed by atoms with Gasteiger partial charge < -0.3 is 9.52 Å². The number of carboxylic acids is 1. The molecule has 0 saturated carbocycles. The summed E-state index contributed by atoms with van der Waals surface area (Å²) in [7, 11) is 0. The first-order chi connectivity index (χ1) is 8.63. The number of rotatable bonds is 4. The Kier molecular flexibility index (Phi) is 4.07. The molecule has 4 nitrogen and oxygen atoms in total. The third-order valence-corrected chi connectivity index (χ3v) is 3.94. The van der Waals surface area contributed by atoms with Gasteiger partial charge in [0.05, 0.1) is 18.2 Å². The van der Waals surface area contributed by atoms with E-state index in [0.29, 0.717) is 0 Å². The summed E-state index contributed by atoms with van der Waals surface area (Å²) in [4.78, 5) is 13.4. The SMILES string of the molecule is CCC(c1ccco1)N1CCC(C(=O)O)CC1C. The van der Waals surface area contributed by atoms with Gasteiger partial charge in [-0.2, -0.15) is 0 Å². The first kappa shape index (κ1) is 13.1. The Labute approximate surface area is 108 Å². The Hall–Kier alpha value is -1.29. The van der Waals surface area contributed by atoms with Gasteiger partial charge in [0.2, 0.25) is 0 Å². The van der Waals surface area contributed by atoms with Gasteiger partial charge >= 0.3 is 5.97 Å². The molecule has 1 aromatic heterocycles. The number of carbonyl (C=O) groups is 1. The van der Waals surface area contributed by atoms with Crippen molar-refractivity contribution < 1.29 is 14.3 Å². The van der Waals surface area contributed by atoms with E-state index in [0.717, 1.165) is 31.6 Å². The molecule has 2 rings (SSSR count). The van der Waals surface area contributed by atoms with Crippen molar-refractivity contribution in [2.75, 3.05) is 6.54 Å². The Balaban J connectivity index is 2.07. The average Bonchev–Trinajstić information content (AvgIpc) is 2.85. The third-order valence-electron chi connectivity index (χ3n) is 3.94. The number of aliphatic carboxylic acids is 1. The van der Waals surface area contributed by atoms with Gasteiger partial charge in [-0.1, -0.05) is 6.92 Å². The standard InChI is InChI=1S/C14H21NO3/c1-3-12(13-5-4-8-18-13)15-7-6-11(14(16)17)9-10(15)2/h4-5,8,10-12H,3,6-7,9H2,1-2H3,(H,16,17). The first-order valence-corrected chi connectivity index (χ1v) is 6.65. The van der Waals surface area contributed by atoms with Gasteiger partial charge in [-0.25, -0.2) is 0 Å². The van der Waals surface area contributed by atoms with Crippen LogP contribution in [0.2, 0.25) is 0 Å². The second kappa shape index (κ2) is 5.57. The summed E-state index contributed by atoms with van der Waals surface area (Å²) < 4.78 is 5.50. The van der Waals surface area contributed by atoms with Gasteiger partial charge in [0.25, 0.3) is 0 Å². The molecule has 0 amide bonds. The fourth-order valence-corrected chi connectivity index (χ4v) is 2.96. The number of likely N-dealkylation sites (tertiary alicyclic amines) is 1. The number of hydrogen-bond donors (Lipinski definition) is 1. The highest BCUT2D eigenvalue weighted by molar-refractivity contribution is 5.70. The van der Waals surface area contributed by atoms with E-state index in [1.54, 1.807) is 6.26 Å². The van der Waals surface area contributed by atoms with Crippen LogP contribution in [0.15, 0.2) is 22.8 Å². The zero-order valence-electron chi connectivity index (χ0n) is 11.0. The lowest BCUT2D eigenvalue weighted by atomic mass is 9.90. The maximum absolute atomic E-state index is 11.0. The minimum atomic E-state index is -0.660. The van der Waals surface area contributed by atoms with Crippen molar-refractivity contribution in [1.29, 1.82) is 0 Å². The molecule has 0 bridgehead atoms. The molecular weight excluding hydrogens is 230 g/mol. The van der Waals surface area contributed by atoms with Crippen LogP contribution in [-0.2, 0) is 4.79 Å².